The number of nitrogens with one attached hydrogen (secondary N) is 4. The van der Waals surface area contributed by atoms with Gasteiger partial charge in [0.25, 0.3) is 5.91 Å². The Kier molecular flexibility index (Phi) is 14.4. The highest BCUT2D eigenvalue weighted by Crippen LogP contribution is 2.23. The summed E-state index contributed by atoms with van der Waals surface area (Å²) in [6.07, 6.45) is 8.91. The van der Waals surface area contributed by atoms with Crippen molar-refractivity contribution < 1.29 is 29.3 Å². The van der Waals surface area contributed by atoms with Crippen LogP contribution in [0, 0.1) is 0 Å². The Morgan fingerprint density at radius 3 is 2.03 bits per heavy atom. The molecule has 2 amide bonds. The summed E-state index contributed by atoms with van der Waals surface area (Å²) in [7, 11) is 0. The lowest BCUT2D eigenvalue weighted by Gasteiger charge is -2.10. The van der Waals surface area contributed by atoms with E-state index in [0.29, 0.717) is 18.8 Å². The van der Waals surface area contributed by atoms with Gasteiger partial charge in [-0.2, -0.15) is 5.43 Å². The Bertz CT molecular complexity index is 912. The van der Waals surface area contributed by atoms with Gasteiger partial charge in [-0.05, 0) is 37.1 Å². The SMILES string of the molecule is O=C(CCCCCCCCCCOCNNC(=O)c1ccccc1O)NNCOc1ccccc1O. The lowest BCUT2D eigenvalue weighted by atomic mass is 10.1. The van der Waals surface area contributed by atoms with Crippen molar-refractivity contribution in [3.63, 3.8) is 0 Å². The lowest BCUT2D eigenvalue weighted by Crippen LogP contribution is -2.39. The second-order valence-corrected chi connectivity index (χ2v) is 8.26. The number of carbonyl (C=O) groups excluding carboxylic acids is 2. The molecule has 2 rings (SSSR count). The van der Waals surface area contributed by atoms with E-state index in [-0.39, 0.29) is 36.4 Å². The third-order valence-corrected chi connectivity index (χ3v) is 5.36. The minimum atomic E-state index is -0.413. The van der Waals surface area contributed by atoms with Crippen molar-refractivity contribution in [3.05, 3.63) is 54.1 Å². The summed E-state index contributed by atoms with van der Waals surface area (Å²) in [5, 5.41) is 19.2. The molecular formula is C26H38N4O6. The maximum absolute atomic E-state index is 11.9. The lowest BCUT2D eigenvalue weighted by molar-refractivity contribution is -0.122. The molecule has 0 spiro atoms. The number of hydrogen-bond acceptors (Lipinski definition) is 8. The number of rotatable bonds is 19. The average Bonchev–Trinajstić information content (AvgIpc) is 2.88. The normalized spacial score (nSPS) is 10.7. The van der Waals surface area contributed by atoms with Crippen molar-refractivity contribution in [2.45, 2.75) is 57.8 Å². The molecule has 198 valence electrons. The van der Waals surface area contributed by atoms with Gasteiger partial charge in [0.05, 0.1) is 5.56 Å². The Labute approximate surface area is 212 Å². The molecule has 0 unspecified atom stereocenters. The predicted octanol–water partition coefficient (Wildman–Crippen LogP) is 3.47. The number of para-hydroxylation sites is 3. The molecule has 0 saturated carbocycles. The Hall–Kier alpha value is -3.34. The molecule has 0 aliphatic rings. The zero-order chi connectivity index (χ0) is 25.8. The summed E-state index contributed by atoms with van der Waals surface area (Å²) >= 11 is 0. The highest BCUT2D eigenvalue weighted by Gasteiger charge is 2.08. The number of unbranched alkanes of at least 4 members (excludes halogenated alkanes) is 7. The summed E-state index contributed by atoms with van der Waals surface area (Å²) in [5.41, 5.74) is 10.7. The molecule has 0 saturated heterocycles. The molecule has 2 aromatic rings. The van der Waals surface area contributed by atoms with Crippen LogP contribution in [0.2, 0.25) is 0 Å². The molecule has 0 aliphatic heterocycles. The van der Waals surface area contributed by atoms with Crippen molar-refractivity contribution in [2.24, 2.45) is 0 Å². The van der Waals surface area contributed by atoms with Crippen molar-refractivity contribution >= 4 is 11.8 Å². The number of phenols is 2. The van der Waals surface area contributed by atoms with Gasteiger partial charge in [-0.1, -0.05) is 62.8 Å². The standard InChI is InChI=1S/C26H38N4O6/c31-22-14-9-8-13-21(22)26(34)30-27-19-35-18-12-6-4-2-1-3-5-7-17-25(33)29-28-20-36-24-16-11-10-15-23(24)32/h8-11,13-16,27-28,31-32H,1-7,12,17-20H2,(H,29,33)(H,30,34). The van der Waals surface area contributed by atoms with Gasteiger partial charge < -0.3 is 19.7 Å². The molecule has 10 heteroatoms. The van der Waals surface area contributed by atoms with Crippen molar-refractivity contribution in [3.8, 4) is 17.2 Å². The highest BCUT2D eigenvalue weighted by atomic mass is 16.5. The third kappa shape index (κ3) is 12.4. The number of phenolic OH excluding ortho intramolecular Hbond substituents is 2. The maximum Gasteiger partial charge on any atom is 0.269 e. The molecule has 0 atom stereocenters. The van der Waals surface area contributed by atoms with E-state index in [4.69, 9.17) is 9.47 Å². The second kappa shape index (κ2) is 18.0. The van der Waals surface area contributed by atoms with Gasteiger partial charge in [-0.3, -0.25) is 20.4 Å². The van der Waals surface area contributed by atoms with Gasteiger partial charge in [0, 0.05) is 13.0 Å². The van der Waals surface area contributed by atoms with Crippen LogP contribution >= 0.6 is 0 Å². The zero-order valence-electron chi connectivity index (χ0n) is 20.6. The number of hydrogen-bond donors (Lipinski definition) is 6. The molecule has 0 bridgehead atoms. The van der Waals surface area contributed by atoms with E-state index in [1.807, 2.05) is 0 Å². The fourth-order valence-corrected chi connectivity index (χ4v) is 3.41. The number of benzene rings is 2. The quantitative estimate of drug-likeness (QED) is 0.0974. The molecule has 0 radical (unpaired) electrons. The van der Waals surface area contributed by atoms with Crippen LogP contribution in [-0.4, -0.2) is 42.1 Å². The van der Waals surface area contributed by atoms with Crippen LogP contribution in [0.5, 0.6) is 17.2 Å². The van der Waals surface area contributed by atoms with Crippen LogP contribution in [0.4, 0.5) is 0 Å². The van der Waals surface area contributed by atoms with Crippen LogP contribution in [0.25, 0.3) is 0 Å². The number of amides is 2. The molecule has 36 heavy (non-hydrogen) atoms. The first-order valence-electron chi connectivity index (χ1n) is 12.4. The van der Waals surface area contributed by atoms with Gasteiger partial charge in [0.15, 0.2) is 18.2 Å². The van der Waals surface area contributed by atoms with E-state index < -0.39 is 5.91 Å². The number of aromatic hydroxyl groups is 2. The smallest absolute Gasteiger partial charge is 0.269 e. The van der Waals surface area contributed by atoms with Crippen molar-refractivity contribution in [1.29, 1.82) is 0 Å². The maximum atomic E-state index is 11.9. The van der Waals surface area contributed by atoms with Gasteiger partial charge >= 0.3 is 0 Å². The average molecular weight is 503 g/mol. The van der Waals surface area contributed by atoms with E-state index in [0.717, 1.165) is 51.4 Å². The first-order chi connectivity index (χ1) is 17.6. The molecule has 0 heterocycles. The van der Waals surface area contributed by atoms with Crippen LogP contribution in [0.1, 0.15) is 68.1 Å². The molecule has 10 nitrogen and oxygen atoms in total. The van der Waals surface area contributed by atoms with Gasteiger partial charge in [-0.25, -0.2) is 5.43 Å². The van der Waals surface area contributed by atoms with E-state index >= 15 is 0 Å². The topological polar surface area (TPSA) is 141 Å². The van der Waals surface area contributed by atoms with Gasteiger partial charge in [-0.15, -0.1) is 0 Å². The summed E-state index contributed by atoms with van der Waals surface area (Å²) in [6.45, 7) is 0.882. The number of hydrazine groups is 2. The second-order valence-electron chi connectivity index (χ2n) is 8.26. The van der Waals surface area contributed by atoms with Gasteiger partial charge in [0.1, 0.15) is 12.5 Å². The van der Waals surface area contributed by atoms with Crippen LogP contribution in [0.3, 0.4) is 0 Å². The predicted molar refractivity (Wildman–Crippen MR) is 136 cm³/mol. The summed E-state index contributed by atoms with van der Waals surface area (Å²) in [6, 6.07) is 13.0. The summed E-state index contributed by atoms with van der Waals surface area (Å²) in [5.74, 6) is -0.145. The van der Waals surface area contributed by atoms with Crippen LogP contribution in [-0.2, 0) is 9.53 Å². The molecular weight excluding hydrogens is 464 g/mol. The van der Waals surface area contributed by atoms with Crippen LogP contribution in [0.15, 0.2) is 48.5 Å². The largest absolute Gasteiger partial charge is 0.507 e. The first-order valence-corrected chi connectivity index (χ1v) is 12.4. The van der Waals surface area contributed by atoms with Crippen molar-refractivity contribution in [1.82, 2.24) is 21.7 Å². The van der Waals surface area contributed by atoms with E-state index in [1.165, 1.54) is 12.1 Å². The Morgan fingerprint density at radius 1 is 0.694 bits per heavy atom. The fourth-order valence-electron chi connectivity index (χ4n) is 3.41. The minimum Gasteiger partial charge on any atom is -0.507 e. The first kappa shape index (κ1) is 28.9. The van der Waals surface area contributed by atoms with E-state index in [1.54, 1.807) is 36.4 Å². The monoisotopic (exact) mass is 502 g/mol. The molecule has 0 aromatic heterocycles. The summed E-state index contributed by atoms with van der Waals surface area (Å²) < 4.78 is 10.8. The van der Waals surface area contributed by atoms with Gasteiger partial charge in [0.2, 0.25) is 5.91 Å². The Balaban J connectivity index is 1.31. The Morgan fingerprint density at radius 2 is 1.31 bits per heavy atom. The minimum absolute atomic E-state index is 0.0563. The molecule has 0 aliphatic carbocycles. The van der Waals surface area contributed by atoms with E-state index in [2.05, 4.69) is 21.7 Å². The zero-order valence-corrected chi connectivity index (χ0v) is 20.6. The third-order valence-electron chi connectivity index (χ3n) is 5.36. The van der Waals surface area contributed by atoms with E-state index in [9.17, 15) is 19.8 Å². The molecule has 6 N–H and O–H groups in total. The number of carbonyl (C=O) groups is 2. The highest BCUT2D eigenvalue weighted by molar-refractivity contribution is 5.96. The van der Waals surface area contributed by atoms with Crippen molar-refractivity contribution in [2.75, 3.05) is 20.1 Å². The van der Waals surface area contributed by atoms with Crippen LogP contribution < -0.4 is 26.4 Å². The summed E-state index contributed by atoms with van der Waals surface area (Å²) in [4.78, 5) is 23.7. The molecule has 2 aromatic carbocycles. The fraction of sp³-hybridized carbons (Fsp3) is 0.462. The molecule has 0 fully saturated rings. The number of ether oxygens (including phenoxy) is 2.